The van der Waals surface area contributed by atoms with Crippen LogP contribution in [0.4, 0.5) is 0 Å². The fraction of sp³-hybridized carbons (Fsp3) is 0.111. The molecule has 5 aromatic carbocycles. The highest BCUT2D eigenvalue weighted by molar-refractivity contribution is 6.19. The van der Waals surface area contributed by atoms with E-state index in [1.807, 2.05) is 0 Å². The lowest BCUT2D eigenvalue weighted by atomic mass is 9.81. The van der Waals surface area contributed by atoms with E-state index >= 15 is 0 Å². The quantitative estimate of drug-likeness (QED) is 0.235. The second-order valence-corrected chi connectivity index (χ2v) is 9.95. The molecule has 5 aromatic rings. The Labute approximate surface area is 212 Å². The van der Waals surface area contributed by atoms with Gasteiger partial charge >= 0.3 is 0 Å². The normalized spacial score (nSPS) is 15.0. The van der Waals surface area contributed by atoms with E-state index in [4.69, 9.17) is 0 Å². The summed E-state index contributed by atoms with van der Waals surface area (Å²) in [5.74, 6) is 0. The Balaban J connectivity index is 1.46. The summed E-state index contributed by atoms with van der Waals surface area (Å²) in [7, 11) is 0. The van der Waals surface area contributed by atoms with E-state index in [0.717, 1.165) is 25.7 Å². The third-order valence-electron chi connectivity index (χ3n) is 7.86. The average Bonchev–Trinajstić information content (AvgIpc) is 2.96. The largest absolute Gasteiger partial charge is 0.0842 e. The van der Waals surface area contributed by atoms with Crippen LogP contribution < -0.4 is 0 Å². The molecule has 0 aromatic heterocycles. The number of hydrogen-bond donors (Lipinski definition) is 0. The topological polar surface area (TPSA) is 0 Å². The maximum Gasteiger partial charge on any atom is -0.00264 e. The zero-order valence-corrected chi connectivity index (χ0v) is 20.4. The molecule has 36 heavy (non-hydrogen) atoms. The number of benzene rings is 5. The van der Waals surface area contributed by atoms with Crippen molar-refractivity contribution in [3.63, 3.8) is 0 Å². The molecular formula is C36H28. The fourth-order valence-corrected chi connectivity index (χ4v) is 6.11. The van der Waals surface area contributed by atoms with Gasteiger partial charge in [-0.05, 0) is 91.8 Å². The maximum absolute atomic E-state index is 2.42. The fourth-order valence-electron chi connectivity index (χ4n) is 6.11. The zero-order chi connectivity index (χ0) is 23.9. The van der Waals surface area contributed by atoms with E-state index in [1.165, 1.54) is 66.1 Å². The summed E-state index contributed by atoms with van der Waals surface area (Å²) in [4.78, 5) is 0. The summed E-state index contributed by atoms with van der Waals surface area (Å²) in [6.07, 6.45) is 13.5. The standard InChI is InChI=1S/C36H28/c1-2-10-25(11-3-1)27-18-21-28(22-19-27)35-31-14-6-8-16-33(31)36(34-17-9-7-15-32(34)35)30-23-20-26-12-4-5-13-29(26)24-30/h1-2,4-10,12-19,21-22,24H,3,11,20,23H2. The van der Waals surface area contributed by atoms with Gasteiger partial charge in [0.15, 0.2) is 0 Å². The van der Waals surface area contributed by atoms with Crippen molar-refractivity contribution >= 4 is 38.8 Å². The minimum Gasteiger partial charge on any atom is -0.0842 e. The predicted molar refractivity (Wildman–Crippen MR) is 156 cm³/mol. The Morgan fingerprint density at radius 3 is 1.75 bits per heavy atom. The van der Waals surface area contributed by atoms with Crippen molar-refractivity contribution < 1.29 is 0 Å². The van der Waals surface area contributed by atoms with Gasteiger partial charge in [-0.25, -0.2) is 0 Å². The van der Waals surface area contributed by atoms with Crippen molar-refractivity contribution in [2.75, 3.05) is 0 Å². The van der Waals surface area contributed by atoms with Crippen LogP contribution in [-0.4, -0.2) is 0 Å². The second-order valence-electron chi connectivity index (χ2n) is 9.95. The highest BCUT2D eigenvalue weighted by atomic mass is 14.2. The monoisotopic (exact) mass is 460 g/mol. The van der Waals surface area contributed by atoms with Gasteiger partial charge in [0.25, 0.3) is 0 Å². The molecule has 2 aliphatic carbocycles. The Hall–Kier alpha value is -4.16. The van der Waals surface area contributed by atoms with Gasteiger partial charge in [-0.3, -0.25) is 0 Å². The van der Waals surface area contributed by atoms with Crippen LogP contribution >= 0.6 is 0 Å². The van der Waals surface area contributed by atoms with Gasteiger partial charge in [-0.2, -0.15) is 0 Å². The van der Waals surface area contributed by atoms with Crippen molar-refractivity contribution in [1.29, 1.82) is 0 Å². The highest BCUT2D eigenvalue weighted by Crippen LogP contribution is 2.44. The molecule has 0 atom stereocenters. The highest BCUT2D eigenvalue weighted by Gasteiger charge is 2.20. The van der Waals surface area contributed by atoms with E-state index in [-0.39, 0.29) is 0 Å². The molecule has 0 bridgehead atoms. The van der Waals surface area contributed by atoms with Crippen molar-refractivity contribution in [2.24, 2.45) is 0 Å². The van der Waals surface area contributed by atoms with Crippen molar-refractivity contribution in [2.45, 2.75) is 25.7 Å². The van der Waals surface area contributed by atoms with Crippen LogP contribution in [0.2, 0.25) is 0 Å². The number of allylic oxidation sites excluding steroid dienone is 5. The molecule has 0 unspecified atom stereocenters. The lowest BCUT2D eigenvalue weighted by molar-refractivity contribution is 1.00. The first-order valence-corrected chi connectivity index (χ1v) is 13.1. The summed E-state index contributed by atoms with van der Waals surface area (Å²) in [6.45, 7) is 0. The third kappa shape index (κ3) is 3.53. The van der Waals surface area contributed by atoms with Crippen LogP contribution in [0.15, 0.2) is 115 Å². The van der Waals surface area contributed by atoms with E-state index in [0.29, 0.717) is 0 Å². The summed E-state index contributed by atoms with van der Waals surface area (Å²) < 4.78 is 0. The number of fused-ring (bicyclic) bond motifs is 3. The summed E-state index contributed by atoms with van der Waals surface area (Å²) >= 11 is 0. The van der Waals surface area contributed by atoms with Gasteiger partial charge in [0.05, 0.1) is 0 Å². The van der Waals surface area contributed by atoms with E-state index in [1.54, 1.807) is 0 Å². The maximum atomic E-state index is 2.42. The zero-order valence-electron chi connectivity index (χ0n) is 20.4. The molecule has 172 valence electrons. The Morgan fingerprint density at radius 1 is 0.472 bits per heavy atom. The van der Waals surface area contributed by atoms with Gasteiger partial charge in [0, 0.05) is 0 Å². The molecule has 0 heteroatoms. The summed E-state index contributed by atoms with van der Waals surface area (Å²) in [5, 5.41) is 5.36. The molecule has 0 spiro atoms. The van der Waals surface area contributed by atoms with Crippen molar-refractivity contribution in [3.05, 3.63) is 138 Å². The first-order chi connectivity index (χ1) is 17.9. The smallest absolute Gasteiger partial charge is 0.00264 e. The summed E-state index contributed by atoms with van der Waals surface area (Å²) in [6, 6.07) is 36.1. The molecular weight excluding hydrogens is 432 g/mol. The molecule has 7 rings (SSSR count). The van der Waals surface area contributed by atoms with E-state index < -0.39 is 0 Å². The van der Waals surface area contributed by atoms with Crippen LogP contribution in [-0.2, 0) is 6.42 Å². The molecule has 0 radical (unpaired) electrons. The van der Waals surface area contributed by atoms with Crippen LogP contribution in [0.25, 0.3) is 49.9 Å². The minimum atomic E-state index is 1.07. The second kappa shape index (κ2) is 8.81. The Kier molecular flexibility index (Phi) is 5.17. The Bertz CT molecular complexity index is 1650. The van der Waals surface area contributed by atoms with E-state index in [2.05, 4.69) is 121 Å². The molecule has 0 heterocycles. The lowest BCUT2D eigenvalue weighted by Crippen LogP contribution is -2.01. The molecule has 0 amide bonds. The van der Waals surface area contributed by atoms with Gasteiger partial charge < -0.3 is 0 Å². The summed E-state index contributed by atoms with van der Waals surface area (Å²) in [5.41, 5.74) is 11.0. The average molecular weight is 461 g/mol. The minimum absolute atomic E-state index is 1.07. The molecule has 0 nitrogen and oxygen atoms in total. The van der Waals surface area contributed by atoms with Crippen LogP contribution in [0.1, 0.15) is 41.5 Å². The third-order valence-corrected chi connectivity index (χ3v) is 7.86. The van der Waals surface area contributed by atoms with Crippen LogP contribution in [0.5, 0.6) is 0 Å². The molecule has 0 fully saturated rings. The predicted octanol–water partition coefficient (Wildman–Crippen LogP) is 9.88. The van der Waals surface area contributed by atoms with Gasteiger partial charge in [0.2, 0.25) is 0 Å². The van der Waals surface area contributed by atoms with E-state index in [9.17, 15) is 0 Å². The number of hydrogen-bond acceptors (Lipinski definition) is 0. The Morgan fingerprint density at radius 2 is 1.08 bits per heavy atom. The lowest BCUT2D eigenvalue weighted by Gasteiger charge is -2.22. The molecule has 0 aliphatic heterocycles. The van der Waals surface area contributed by atoms with Crippen LogP contribution in [0, 0.1) is 0 Å². The van der Waals surface area contributed by atoms with Crippen molar-refractivity contribution in [3.8, 4) is 11.1 Å². The van der Waals surface area contributed by atoms with Gasteiger partial charge in [-0.1, -0.05) is 121 Å². The SMILES string of the molecule is C1=CCCC(c2ccc(-c3c4ccccc4c(C4=Cc5ccccc5CC4)c4ccccc34)cc2)=C1. The number of rotatable bonds is 3. The molecule has 0 N–H and O–H groups in total. The van der Waals surface area contributed by atoms with Crippen molar-refractivity contribution in [1.82, 2.24) is 0 Å². The first-order valence-electron chi connectivity index (χ1n) is 13.1. The molecule has 2 aliphatic rings. The molecule has 0 saturated carbocycles. The molecule has 0 saturated heterocycles. The van der Waals surface area contributed by atoms with Crippen LogP contribution in [0.3, 0.4) is 0 Å². The number of aryl methyl sites for hydroxylation is 1. The first kappa shape index (κ1) is 21.1. The van der Waals surface area contributed by atoms with Gasteiger partial charge in [0.1, 0.15) is 0 Å². The van der Waals surface area contributed by atoms with Gasteiger partial charge in [-0.15, -0.1) is 0 Å².